The normalized spacial score (nSPS) is 18.0. The van der Waals surface area contributed by atoms with Crippen molar-refractivity contribution in [1.82, 2.24) is 94.7 Å². The first-order chi connectivity index (χ1) is 60.3. The van der Waals surface area contributed by atoms with Crippen LogP contribution in [0.15, 0.2) is 73.3 Å². The van der Waals surface area contributed by atoms with Gasteiger partial charge in [0.25, 0.3) is 0 Å². The van der Waals surface area contributed by atoms with Gasteiger partial charge in [0, 0.05) is 138 Å². The number of aromatic nitrogens is 3. The second-order valence-corrected chi connectivity index (χ2v) is 33.7. The molecule has 711 valence electrons. The van der Waals surface area contributed by atoms with Gasteiger partial charge in [-0.2, -0.15) is 13.1 Å². The van der Waals surface area contributed by atoms with Gasteiger partial charge in [-0.25, -0.2) is 4.98 Å². The number of nitrogens with zero attached hydrogens (tertiary/aromatic N) is 3. The third-order valence-corrected chi connectivity index (χ3v) is 21.0. The van der Waals surface area contributed by atoms with Crippen LogP contribution >= 0.6 is 0 Å². The molecule has 0 saturated carbocycles. The smallest absolute Gasteiger partial charge is 0.663 e. The monoisotopic (exact) mass is 1830 g/mol. The van der Waals surface area contributed by atoms with E-state index in [9.17, 15) is 67.4 Å². The maximum absolute atomic E-state index is 14.7. The standard InChI is InChI=1S/C86H138N22O18.Cu/c1-55(2)39-65(70(109)44-75(114)101-66(78(88)116)40-56(3)4)105-83(121)69(43-61-46-95-54-99-61)103-76(115)47-98-84(122)77(57(5)6)107-79(117)58(7)100-81(119)68(42-60-45-97-63-18-13-12-17-62(60)63)106-80(118)64(21-22-71(87)110)104-82(120)67(41-59-15-10-9-11-16-59)102-73(112)23-31-123-33-35-125-37-38-126-36-34-124-32-30-96-72(111)19-14-20-74(113)108-86-51-92-27-24-89-48-85(8,49-90-25-28-93-52-86)50-91-26-29-94-53-86;/h9-13,15-18,45-46,54-58,64-70,77,89-90,92-93,97,109H,14,19-44,47-53H2,1-8H3,(H2,87,110)(H2,88,116)(H,95,99)(H,96,111)(H,98,122)(H,100,119)(H,101,114)(H,102,112)(H,103,115)(H,104,120)(H,105,121)(H,106,118)(H,107,117)(H,108,113);/q-2;+2/t58-,64-,65-,66-,67+,68-,69-,70-,77-,85?,86?;/m0./s1/i;1+3. The van der Waals surface area contributed by atoms with Crippen LogP contribution < -0.4 is 91.2 Å². The van der Waals surface area contributed by atoms with Crippen molar-refractivity contribution >= 4 is 87.7 Å². The van der Waals surface area contributed by atoms with Crippen molar-refractivity contribution in [3.8, 4) is 0 Å². The van der Waals surface area contributed by atoms with Crippen molar-refractivity contribution in [2.24, 2.45) is 34.6 Å². The van der Waals surface area contributed by atoms with Crippen LogP contribution in [0.25, 0.3) is 21.5 Å². The number of imidazole rings is 1. The van der Waals surface area contributed by atoms with Crippen LogP contribution in [0.3, 0.4) is 0 Å². The number of benzene rings is 2. The molecule has 3 saturated heterocycles. The number of rotatable bonds is 54. The topological polar surface area (TPSA) is 584 Å². The number of fused-ring (bicyclic) bond motifs is 16. The Hall–Kier alpha value is -9.62. The van der Waals surface area contributed by atoms with Gasteiger partial charge in [-0.1, -0.05) is 97.0 Å². The van der Waals surface area contributed by atoms with Crippen molar-refractivity contribution in [3.05, 3.63) is 101 Å². The molecule has 40 nitrogen and oxygen atoms in total. The van der Waals surface area contributed by atoms with Gasteiger partial charge in [0.2, 0.25) is 76.8 Å². The minimum Gasteiger partial charge on any atom is -0.663 e. The van der Waals surface area contributed by atoms with Gasteiger partial charge in [-0.05, 0) is 73.0 Å². The van der Waals surface area contributed by atoms with Crippen molar-refractivity contribution in [1.29, 1.82) is 0 Å². The molecule has 9 atom stereocenters. The van der Waals surface area contributed by atoms with Crippen LogP contribution in [0.5, 0.6) is 0 Å². The first kappa shape index (κ1) is 108. The number of H-pyrrole nitrogens is 2. The number of carbonyl (C=O) groups is 13. The van der Waals surface area contributed by atoms with Crippen molar-refractivity contribution in [2.45, 2.75) is 192 Å². The molecule has 4 aromatic rings. The number of amides is 13. The number of primary amides is 2. The second-order valence-electron chi connectivity index (χ2n) is 33.7. The summed E-state index contributed by atoms with van der Waals surface area (Å²) in [7, 11) is 0. The van der Waals surface area contributed by atoms with Crippen LogP contribution in [0.4, 0.5) is 0 Å². The quantitative estimate of drug-likeness (QED) is 0.0167. The molecule has 0 aliphatic carbocycles. The minimum absolute atomic E-state index is 0. The Balaban J connectivity index is 0.0000286. The number of carbonyl (C=O) groups excluding carboxylic acids is 13. The molecule has 41 heteroatoms. The molecule has 2 aromatic heterocycles. The molecule has 3 fully saturated rings. The zero-order valence-corrected chi connectivity index (χ0v) is 75.5. The van der Waals surface area contributed by atoms with Crippen molar-refractivity contribution in [3.63, 3.8) is 0 Å². The van der Waals surface area contributed by atoms with E-state index >= 15 is 0 Å². The molecular formula is C86H138CuN22O18. The van der Waals surface area contributed by atoms with E-state index in [0.29, 0.717) is 66.9 Å². The average molecular weight is 1840 g/mol. The molecule has 5 heterocycles. The Morgan fingerprint density at radius 3 is 1.69 bits per heavy atom. The number of nitrogens with one attached hydrogen (secondary N) is 17. The number of nitrogens with two attached hydrogens (primary N) is 2. The number of ether oxygens (including phenoxy) is 4. The van der Waals surface area contributed by atoms with Gasteiger partial charge in [-0.15, -0.1) is 13.1 Å². The summed E-state index contributed by atoms with van der Waals surface area (Å²) in [4.78, 5) is 187. The summed E-state index contributed by atoms with van der Waals surface area (Å²) >= 11 is 0. The second kappa shape index (κ2) is 58.8. The number of aromatic amines is 2. The number of para-hydroxylation sites is 1. The zero-order chi connectivity index (χ0) is 91.8. The molecular weight excluding hydrogens is 1700 g/mol. The Morgan fingerprint density at radius 2 is 1.07 bits per heavy atom. The summed E-state index contributed by atoms with van der Waals surface area (Å²) in [6.45, 7) is 23.5. The van der Waals surface area contributed by atoms with E-state index in [-0.39, 0.29) is 163 Å². The van der Waals surface area contributed by atoms with E-state index in [1.807, 2.05) is 27.7 Å². The van der Waals surface area contributed by atoms with E-state index in [4.69, 9.17) is 41.0 Å². The molecule has 7 rings (SSSR count). The summed E-state index contributed by atoms with van der Waals surface area (Å²) in [6.07, 6.45) is 2.49. The van der Waals surface area contributed by atoms with Gasteiger partial charge in [0.15, 0.2) is 0 Å². The Labute approximate surface area is 754 Å². The number of aliphatic hydroxyl groups excluding tert-OH is 1. The fourth-order valence-corrected chi connectivity index (χ4v) is 14.2. The summed E-state index contributed by atoms with van der Waals surface area (Å²) in [6, 6.07) is 5.67. The molecule has 13 amide bonds. The summed E-state index contributed by atoms with van der Waals surface area (Å²) < 4.78 is 22.6. The van der Waals surface area contributed by atoms with Crippen molar-refractivity contribution in [2.75, 3.05) is 144 Å². The molecule has 3 aliphatic rings. The Bertz CT molecular complexity index is 3990. The fourth-order valence-electron chi connectivity index (χ4n) is 14.2. The van der Waals surface area contributed by atoms with Crippen LogP contribution in [-0.4, -0.2) is 301 Å². The zero-order valence-electron chi connectivity index (χ0n) is 74.6. The third-order valence-electron chi connectivity index (χ3n) is 21.0. The molecule has 3 aliphatic heterocycles. The van der Waals surface area contributed by atoms with Gasteiger partial charge in [0.05, 0.1) is 84.3 Å². The first-order valence-electron chi connectivity index (χ1n) is 43.8. The largest absolute Gasteiger partial charge is 2.00 e. The van der Waals surface area contributed by atoms with E-state index in [2.05, 4.69) is 102 Å². The minimum atomic E-state index is -1.52. The van der Waals surface area contributed by atoms with Gasteiger partial charge in [0.1, 0.15) is 42.3 Å². The molecule has 127 heavy (non-hydrogen) atoms. The SMILES string of the molecule is CC(C)C[C@H](NC(=O)C[C@H](O)[C@H](CC(C)C)NC(=O)[C@H](Cc1cnc[nH]1)NC(=O)CNC(=O)[C@@H](NC(=O)[C@H](C)NC(=O)[C@H](Cc1c[nH]c2ccccc12)NC(=O)[C@H](CCC(N)=O)NC(=O)[C@@H](Cc1ccccc1)NC(=O)CCOCCOCCOCCOCCNC(=O)CCCC(=O)NC12C[N-]CC[N-]CC(C)(CNCCNC1)CNCCNC2)C(C)C)C(N)=O.[67Cu+2]. The molecule has 1 radical (unpaired) electrons. The predicted molar refractivity (Wildman–Crippen MR) is 472 cm³/mol. The van der Waals surface area contributed by atoms with E-state index in [0.717, 1.165) is 45.8 Å². The number of hydrogen-bond donors (Lipinski definition) is 20. The summed E-state index contributed by atoms with van der Waals surface area (Å²) in [5.74, 6) is -9.66. The number of hydrogen-bond acceptors (Lipinski definition) is 23. The van der Waals surface area contributed by atoms with Gasteiger partial charge >= 0.3 is 17.1 Å². The molecule has 0 unspecified atom stereocenters. The predicted octanol–water partition coefficient (Wildman–Crippen LogP) is -2.08. The van der Waals surface area contributed by atoms with E-state index in [1.54, 1.807) is 74.6 Å². The van der Waals surface area contributed by atoms with Crippen LogP contribution in [0.1, 0.15) is 130 Å². The Kier molecular flexibility index (Phi) is 49.9. The summed E-state index contributed by atoms with van der Waals surface area (Å²) in [5, 5.41) is 65.8. The number of aliphatic hydroxyl groups is 1. The molecule has 2 aromatic carbocycles. The van der Waals surface area contributed by atoms with E-state index in [1.165, 1.54) is 19.4 Å². The average Bonchev–Trinajstić information content (AvgIpc) is 1.68. The maximum atomic E-state index is 14.7. The Morgan fingerprint density at radius 1 is 0.520 bits per heavy atom. The molecule has 0 spiro atoms. The maximum Gasteiger partial charge on any atom is 2.00 e. The fraction of sp³-hybridized carbons (Fsp3) is 0.651. The first-order valence-corrected chi connectivity index (χ1v) is 43.8. The van der Waals surface area contributed by atoms with Gasteiger partial charge in [-0.3, -0.25) is 62.3 Å². The van der Waals surface area contributed by atoms with Crippen LogP contribution in [-0.2, 0) is 118 Å². The van der Waals surface area contributed by atoms with Crippen molar-refractivity contribution < 1.29 is 103 Å². The third kappa shape index (κ3) is 42.5. The molecule has 22 N–H and O–H groups in total. The van der Waals surface area contributed by atoms with Gasteiger partial charge < -0.3 is 136 Å². The van der Waals surface area contributed by atoms with Crippen LogP contribution in [0, 0.1) is 23.2 Å². The summed E-state index contributed by atoms with van der Waals surface area (Å²) in [5.41, 5.74) is 12.8. The molecule has 2 bridgehead atoms. The van der Waals surface area contributed by atoms with E-state index < -0.39 is 150 Å². The van der Waals surface area contributed by atoms with Crippen LogP contribution in [0.2, 0.25) is 0 Å².